The van der Waals surface area contributed by atoms with Gasteiger partial charge >= 0.3 is 0 Å². The maximum absolute atomic E-state index is 13.5. The van der Waals surface area contributed by atoms with E-state index in [1.165, 1.54) is 24.1 Å². The second-order valence-corrected chi connectivity index (χ2v) is 5.25. The molecule has 0 N–H and O–H groups in total. The second kappa shape index (κ2) is 5.72. The predicted octanol–water partition coefficient (Wildman–Crippen LogP) is 3.07. The topological polar surface area (TPSA) is 46.8 Å². The van der Waals surface area contributed by atoms with Crippen LogP contribution in [0.15, 0.2) is 42.9 Å². The number of pyridine rings is 1. The number of imidazole rings is 1. The molecule has 0 fully saturated rings. The van der Waals surface area contributed by atoms with Crippen LogP contribution in [0.4, 0.5) is 10.1 Å². The highest BCUT2D eigenvalue weighted by atomic mass is 19.1. The molecule has 23 heavy (non-hydrogen) atoms. The number of methoxy groups -OCH3 is 1. The van der Waals surface area contributed by atoms with E-state index in [1.807, 2.05) is 11.3 Å². The van der Waals surface area contributed by atoms with Crippen molar-refractivity contribution in [1.82, 2.24) is 9.38 Å². The molecular formula is C17H16FN3O2. The van der Waals surface area contributed by atoms with Crippen molar-refractivity contribution in [3.8, 4) is 5.75 Å². The lowest BCUT2D eigenvalue weighted by molar-refractivity contribution is 0.0992. The van der Waals surface area contributed by atoms with Crippen molar-refractivity contribution in [3.63, 3.8) is 0 Å². The van der Waals surface area contributed by atoms with Gasteiger partial charge in [-0.25, -0.2) is 9.37 Å². The Morgan fingerprint density at radius 1 is 1.35 bits per heavy atom. The van der Waals surface area contributed by atoms with Crippen molar-refractivity contribution < 1.29 is 13.9 Å². The van der Waals surface area contributed by atoms with Crippen molar-refractivity contribution in [2.45, 2.75) is 6.92 Å². The van der Waals surface area contributed by atoms with E-state index in [0.717, 1.165) is 11.2 Å². The monoisotopic (exact) mass is 313 g/mol. The molecule has 1 aromatic carbocycles. The summed E-state index contributed by atoms with van der Waals surface area (Å²) < 4.78 is 20.3. The molecule has 0 aliphatic rings. The molecule has 6 heteroatoms. The van der Waals surface area contributed by atoms with Crippen molar-refractivity contribution >= 4 is 17.2 Å². The number of nitrogens with zero attached hydrogens (tertiary/aromatic N) is 3. The van der Waals surface area contributed by atoms with Gasteiger partial charge in [0.1, 0.15) is 5.65 Å². The zero-order valence-corrected chi connectivity index (χ0v) is 13.1. The van der Waals surface area contributed by atoms with Crippen LogP contribution in [0, 0.1) is 12.7 Å². The molecule has 0 unspecified atom stereocenters. The third-order valence-corrected chi connectivity index (χ3v) is 3.75. The second-order valence-electron chi connectivity index (χ2n) is 5.25. The van der Waals surface area contributed by atoms with E-state index in [1.54, 1.807) is 37.8 Å². The Kier molecular flexibility index (Phi) is 3.73. The molecule has 118 valence electrons. The van der Waals surface area contributed by atoms with Gasteiger partial charge in [0, 0.05) is 37.4 Å². The van der Waals surface area contributed by atoms with E-state index in [4.69, 9.17) is 4.74 Å². The van der Waals surface area contributed by atoms with E-state index in [0.29, 0.717) is 11.3 Å². The summed E-state index contributed by atoms with van der Waals surface area (Å²) in [6.45, 7) is 1.90. The molecule has 3 aromatic rings. The van der Waals surface area contributed by atoms with Gasteiger partial charge in [0.25, 0.3) is 5.91 Å². The van der Waals surface area contributed by atoms with Gasteiger partial charge in [0.2, 0.25) is 0 Å². The summed E-state index contributed by atoms with van der Waals surface area (Å²) in [5.41, 5.74) is 2.80. The molecule has 2 aromatic heterocycles. The van der Waals surface area contributed by atoms with E-state index < -0.39 is 5.82 Å². The molecule has 0 bridgehead atoms. The molecule has 0 atom stereocenters. The summed E-state index contributed by atoms with van der Waals surface area (Å²) >= 11 is 0. The van der Waals surface area contributed by atoms with Crippen LogP contribution in [0.25, 0.3) is 5.65 Å². The van der Waals surface area contributed by atoms with Crippen molar-refractivity contribution in [2.75, 3.05) is 19.1 Å². The summed E-state index contributed by atoms with van der Waals surface area (Å²) in [7, 11) is 3.03. The minimum Gasteiger partial charge on any atom is -0.494 e. The summed E-state index contributed by atoms with van der Waals surface area (Å²) in [4.78, 5) is 18.4. The molecule has 1 amide bonds. The van der Waals surface area contributed by atoms with Crippen LogP contribution in [0.5, 0.6) is 5.75 Å². The van der Waals surface area contributed by atoms with Crippen LogP contribution in [-0.4, -0.2) is 29.4 Å². The number of hydrogen-bond donors (Lipinski definition) is 0. The third-order valence-electron chi connectivity index (χ3n) is 3.75. The average molecular weight is 313 g/mol. The smallest absolute Gasteiger partial charge is 0.259 e. The summed E-state index contributed by atoms with van der Waals surface area (Å²) in [5, 5.41) is 0. The molecule has 0 aliphatic heterocycles. The number of amides is 1. The van der Waals surface area contributed by atoms with Crippen molar-refractivity contribution in [1.29, 1.82) is 0 Å². The zero-order chi connectivity index (χ0) is 16.6. The number of carbonyl (C=O) groups is 1. The van der Waals surface area contributed by atoms with E-state index in [-0.39, 0.29) is 11.7 Å². The van der Waals surface area contributed by atoms with Crippen LogP contribution in [0.1, 0.15) is 15.9 Å². The van der Waals surface area contributed by atoms with Crippen LogP contribution in [0.2, 0.25) is 0 Å². The molecule has 0 aliphatic carbocycles. The Hall–Kier alpha value is -2.89. The number of halogens is 1. The fourth-order valence-electron chi connectivity index (χ4n) is 2.49. The first-order chi connectivity index (χ1) is 11.0. The minimum atomic E-state index is -0.465. The van der Waals surface area contributed by atoms with Gasteiger partial charge in [-0.1, -0.05) is 0 Å². The van der Waals surface area contributed by atoms with Crippen LogP contribution in [0.3, 0.4) is 0 Å². The highest BCUT2D eigenvalue weighted by Crippen LogP contribution is 2.25. The lowest BCUT2D eigenvalue weighted by atomic mass is 10.1. The summed E-state index contributed by atoms with van der Waals surface area (Å²) in [6.07, 6.45) is 5.21. The van der Waals surface area contributed by atoms with Crippen molar-refractivity contribution in [3.05, 3.63) is 59.8 Å². The van der Waals surface area contributed by atoms with Crippen molar-refractivity contribution in [2.24, 2.45) is 0 Å². The average Bonchev–Trinajstić information content (AvgIpc) is 3.03. The Bertz CT molecular complexity index is 889. The number of aromatic nitrogens is 2. The molecule has 0 saturated carbocycles. The van der Waals surface area contributed by atoms with E-state index in [9.17, 15) is 9.18 Å². The number of ether oxygens (including phenoxy) is 1. The molecule has 0 spiro atoms. The zero-order valence-electron chi connectivity index (χ0n) is 13.1. The fourth-order valence-corrected chi connectivity index (χ4v) is 2.49. The number of aryl methyl sites for hydroxylation is 1. The molecule has 0 saturated heterocycles. The predicted molar refractivity (Wildman–Crippen MR) is 85.6 cm³/mol. The number of benzene rings is 1. The number of rotatable bonds is 3. The van der Waals surface area contributed by atoms with Gasteiger partial charge in [-0.15, -0.1) is 0 Å². The SMILES string of the molecule is COc1cc(N(C)C(=O)c2cc(C)c3nccn3c2)ccc1F. The van der Waals surface area contributed by atoms with Gasteiger partial charge in [-0.2, -0.15) is 0 Å². The standard InChI is InChI=1S/C17H16FN3O2/c1-11-8-12(10-21-7-6-19-16(11)21)17(22)20(2)13-4-5-14(18)15(9-13)23-3/h4-10H,1-3H3. The van der Waals surface area contributed by atoms with Gasteiger partial charge < -0.3 is 14.0 Å². The first-order valence-electron chi connectivity index (χ1n) is 7.06. The maximum Gasteiger partial charge on any atom is 0.259 e. The minimum absolute atomic E-state index is 0.100. The molecule has 2 heterocycles. The van der Waals surface area contributed by atoms with Crippen LogP contribution in [-0.2, 0) is 0 Å². The molecular weight excluding hydrogens is 297 g/mol. The number of carbonyl (C=O) groups excluding carboxylic acids is 1. The van der Waals surface area contributed by atoms with Crippen LogP contribution >= 0.6 is 0 Å². The molecule has 3 rings (SSSR count). The maximum atomic E-state index is 13.5. The lowest BCUT2D eigenvalue weighted by Crippen LogP contribution is -2.26. The summed E-state index contributed by atoms with van der Waals surface area (Å²) in [6, 6.07) is 6.11. The van der Waals surface area contributed by atoms with E-state index in [2.05, 4.69) is 4.98 Å². The fraction of sp³-hybridized carbons (Fsp3) is 0.176. The first kappa shape index (κ1) is 15.0. The van der Waals surface area contributed by atoms with Gasteiger partial charge in [0.15, 0.2) is 11.6 Å². The van der Waals surface area contributed by atoms with Gasteiger partial charge in [0.05, 0.1) is 12.7 Å². The Morgan fingerprint density at radius 2 is 2.13 bits per heavy atom. The highest BCUT2D eigenvalue weighted by molar-refractivity contribution is 6.06. The molecule has 5 nitrogen and oxygen atoms in total. The normalized spacial score (nSPS) is 10.8. The first-order valence-corrected chi connectivity index (χ1v) is 7.06. The highest BCUT2D eigenvalue weighted by Gasteiger charge is 2.17. The Morgan fingerprint density at radius 3 is 2.87 bits per heavy atom. The summed E-state index contributed by atoms with van der Waals surface area (Å²) in [5.74, 6) is -0.562. The Balaban J connectivity index is 1.97. The molecule has 0 radical (unpaired) electrons. The third kappa shape index (κ3) is 2.63. The largest absolute Gasteiger partial charge is 0.494 e. The lowest BCUT2D eigenvalue weighted by Gasteiger charge is -2.18. The quantitative estimate of drug-likeness (QED) is 0.746. The number of fused-ring (bicyclic) bond motifs is 1. The number of anilines is 1. The van der Waals surface area contributed by atoms with Crippen LogP contribution < -0.4 is 9.64 Å². The number of hydrogen-bond acceptors (Lipinski definition) is 3. The van der Waals surface area contributed by atoms with Gasteiger partial charge in [-0.3, -0.25) is 4.79 Å². The Labute approximate surface area is 132 Å². The van der Waals surface area contributed by atoms with Gasteiger partial charge in [-0.05, 0) is 30.7 Å². The van der Waals surface area contributed by atoms with E-state index >= 15 is 0 Å².